The standard InChI is InChI=1S/C21H27N2.C9H10O.Ru/c1-14-9-16(3)20(17(4)10-14)22-7-8-23(13-22)21-18(5)11-15(2)12-19(21)6;1-3-10-9-7-5-4-6-8(9)2;/h9-13H,7-8H2,1-6H3;2,4-7H,3H2,1H3;/q-1;;+1. The van der Waals surface area contributed by atoms with Gasteiger partial charge in [0.05, 0.1) is 0 Å². The van der Waals surface area contributed by atoms with Gasteiger partial charge in [-0.25, -0.2) is 0 Å². The molecule has 3 aromatic rings. The Bertz CT molecular complexity index is 1040. The minimum Gasteiger partial charge on any atom is -0.502 e. The molecule has 0 spiro atoms. The SMILES string of the molecule is CCOc1ccccc1[CH]=[Ru+].Cc1cc(C)c(N2[CH-]N(c3c(C)cc(C)cc3C)CC2)c(C)c1. The van der Waals surface area contributed by atoms with Crippen molar-refractivity contribution in [3.8, 4) is 5.75 Å². The van der Waals surface area contributed by atoms with Crippen LogP contribution in [-0.2, 0) is 17.9 Å². The summed E-state index contributed by atoms with van der Waals surface area (Å²) in [5, 5.41) is 0. The molecule has 1 aliphatic heterocycles. The van der Waals surface area contributed by atoms with E-state index >= 15 is 0 Å². The van der Waals surface area contributed by atoms with E-state index in [9.17, 15) is 0 Å². The van der Waals surface area contributed by atoms with Gasteiger partial charge in [0.25, 0.3) is 0 Å². The molecule has 0 amide bonds. The summed E-state index contributed by atoms with van der Waals surface area (Å²) in [5.74, 6) is 0.952. The molecule has 0 N–H and O–H groups in total. The largest absolute Gasteiger partial charge is 0.502 e. The number of benzene rings is 3. The van der Waals surface area contributed by atoms with Gasteiger partial charge in [0.15, 0.2) is 0 Å². The molecule has 181 valence electrons. The van der Waals surface area contributed by atoms with Gasteiger partial charge >= 0.3 is 76.3 Å². The van der Waals surface area contributed by atoms with E-state index in [0.717, 1.165) is 31.0 Å². The smallest absolute Gasteiger partial charge is 0.0146 e. The van der Waals surface area contributed by atoms with Crippen LogP contribution < -0.4 is 14.5 Å². The summed E-state index contributed by atoms with van der Waals surface area (Å²) in [5.41, 5.74) is 12.0. The number of para-hydroxylation sites is 1. The van der Waals surface area contributed by atoms with Gasteiger partial charge in [-0.3, -0.25) is 0 Å². The van der Waals surface area contributed by atoms with Crippen molar-refractivity contribution in [2.75, 3.05) is 29.5 Å². The number of aryl methyl sites for hydroxylation is 6. The fourth-order valence-electron chi connectivity index (χ4n) is 4.94. The van der Waals surface area contributed by atoms with Gasteiger partial charge in [0.2, 0.25) is 0 Å². The maximum Gasteiger partial charge on any atom is 0.0146 e. The normalized spacial score (nSPS) is 12.9. The van der Waals surface area contributed by atoms with Crippen LogP contribution in [-0.4, -0.2) is 24.3 Å². The van der Waals surface area contributed by atoms with Gasteiger partial charge in [-0.05, 0) is 63.8 Å². The summed E-state index contributed by atoms with van der Waals surface area (Å²) in [6.07, 6.45) is 0. The molecular formula is C30H37N2ORu. The zero-order valence-electron chi connectivity index (χ0n) is 21.6. The van der Waals surface area contributed by atoms with E-state index in [2.05, 4.69) is 100 Å². The third-order valence-corrected chi connectivity index (χ3v) is 6.58. The Labute approximate surface area is 215 Å². The fraction of sp³-hybridized carbons (Fsp3) is 0.333. The maximum atomic E-state index is 5.39. The number of nitrogens with zero attached hydrogens (tertiary/aromatic N) is 2. The Morgan fingerprint density at radius 1 is 0.794 bits per heavy atom. The van der Waals surface area contributed by atoms with Crippen molar-refractivity contribution >= 4 is 16.0 Å². The first-order chi connectivity index (χ1) is 16.2. The zero-order chi connectivity index (χ0) is 24.8. The van der Waals surface area contributed by atoms with E-state index in [1.807, 2.05) is 35.8 Å². The number of ether oxygens (including phenoxy) is 1. The van der Waals surface area contributed by atoms with E-state index < -0.39 is 0 Å². The molecule has 0 aromatic heterocycles. The van der Waals surface area contributed by atoms with Crippen LogP contribution in [0.1, 0.15) is 45.9 Å². The second-order valence-corrected chi connectivity index (χ2v) is 9.57. The molecule has 0 radical (unpaired) electrons. The van der Waals surface area contributed by atoms with Crippen LogP contribution in [0.3, 0.4) is 0 Å². The summed E-state index contributed by atoms with van der Waals surface area (Å²) < 4.78 is 7.36. The van der Waals surface area contributed by atoms with Crippen LogP contribution in [0.2, 0.25) is 0 Å². The minimum atomic E-state index is 0.719. The van der Waals surface area contributed by atoms with Gasteiger partial charge in [-0.15, -0.1) is 0 Å². The molecule has 1 saturated heterocycles. The Morgan fingerprint density at radius 2 is 1.24 bits per heavy atom. The molecular weight excluding hydrogens is 505 g/mol. The molecule has 0 aliphatic carbocycles. The van der Waals surface area contributed by atoms with E-state index in [4.69, 9.17) is 4.74 Å². The summed E-state index contributed by atoms with van der Waals surface area (Å²) >= 11 is 2.48. The zero-order valence-corrected chi connectivity index (χ0v) is 23.3. The van der Waals surface area contributed by atoms with Gasteiger partial charge in [0.1, 0.15) is 0 Å². The Hall–Kier alpha value is -2.45. The van der Waals surface area contributed by atoms with Gasteiger partial charge in [0, 0.05) is 24.5 Å². The number of rotatable bonds is 5. The number of anilines is 2. The van der Waals surface area contributed by atoms with Crippen molar-refractivity contribution in [1.82, 2.24) is 0 Å². The van der Waals surface area contributed by atoms with Gasteiger partial charge in [-0.2, -0.15) is 6.67 Å². The Morgan fingerprint density at radius 3 is 1.65 bits per heavy atom. The van der Waals surface area contributed by atoms with Crippen molar-refractivity contribution in [3.63, 3.8) is 0 Å². The molecule has 1 fully saturated rings. The third kappa shape index (κ3) is 6.16. The minimum absolute atomic E-state index is 0.719. The molecule has 3 aromatic carbocycles. The van der Waals surface area contributed by atoms with Gasteiger partial charge in [-0.1, -0.05) is 35.4 Å². The summed E-state index contributed by atoms with van der Waals surface area (Å²) in [6.45, 7) is 20.3. The number of hydrogen-bond acceptors (Lipinski definition) is 3. The van der Waals surface area contributed by atoms with Crippen molar-refractivity contribution in [2.24, 2.45) is 0 Å². The van der Waals surface area contributed by atoms with Crippen molar-refractivity contribution in [2.45, 2.75) is 48.5 Å². The Balaban J connectivity index is 0.000000248. The van der Waals surface area contributed by atoms with Crippen LogP contribution in [0, 0.1) is 48.2 Å². The molecule has 34 heavy (non-hydrogen) atoms. The first kappa shape index (κ1) is 26.2. The van der Waals surface area contributed by atoms with Crippen molar-refractivity contribution < 1.29 is 22.6 Å². The van der Waals surface area contributed by atoms with Crippen LogP contribution in [0.5, 0.6) is 5.75 Å². The monoisotopic (exact) mass is 543 g/mol. The first-order valence-electron chi connectivity index (χ1n) is 11.9. The van der Waals surface area contributed by atoms with Gasteiger partial charge < -0.3 is 9.80 Å². The molecule has 0 bridgehead atoms. The first-order valence-corrected chi connectivity index (χ1v) is 12.9. The predicted molar refractivity (Wildman–Crippen MR) is 143 cm³/mol. The number of hydrogen-bond donors (Lipinski definition) is 0. The van der Waals surface area contributed by atoms with Crippen LogP contribution in [0.4, 0.5) is 11.4 Å². The molecule has 4 heteroatoms. The summed E-state index contributed by atoms with van der Waals surface area (Å²) in [7, 11) is 0. The fourth-order valence-corrected chi connectivity index (χ4v) is 5.36. The van der Waals surface area contributed by atoms with E-state index in [0.29, 0.717) is 0 Å². The van der Waals surface area contributed by atoms with Crippen LogP contribution in [0.15, 0.2) is 48.5 Å². The van der Waals surface area contributed by atoms with E-state index in [1.165, 1.54) is 44.8 Å². The van der Waals surface area contributed by atoms with E-state index in [-0.39, 0.29) is 0 Å². The molecule has 0 unspecified atom stereocenters. The molecule has 0 atom stereocenters. The molecule has 3 nitrogen and oxygen atoms in total. The second-order valence-electron chi connectivity index (χ2n) is 9.07. The van der Waals surface area contributed by atoms with Crippen molar-refractivity contribution in [1.29, 1.82) is 0 Å². The van der Waals surface area contributed by atoms with E-state index in [1.54, 1.807) is 0 Å². The van der Waals surface area contributed by atoms with Crippen LogP contribution in [0.25, 0.3) is 0 Å². The molecule has 1 heterocycles. The van der Waals surface area contributed by atoms with Crippen molar-refractivity contribution in [3.05, 3.63) is 94.1 Å². The molecule has 0 saturated carbocycles. The summed E-state index contributed by atoms with van der Waals surface area (Å²) in [6, 6.07) is 17.1. The topological polar surface area (TPSA) is 15.7 Å². The van der Waals surface area contributed by atoms with Crippen LogP contribution >= 0.6 is 0 Å². The summed E-state index contributed by atoms with van der Waals surface area (Å²) in [4.78, 5) is 4.81. The maximum absolute atomic E-state index is 5.39. The molecule has 1 aliphatic rings. The third-order valence-electron chi connectivity index (χ3n) is 6.03. The predicted octanol–water partition coefficient (Wildman–Crippen LogP) is 6.77. The second kappa shape index (κ2) is 11.8. The molecule has 4 rings (SSSR count). The average molecular weight is 543 g/mol. The Kier molecular flexibility index (Phi) is 9.08. The average Bonchev–Trinajstić information content (AvgIpc) is 3.22. The quantitative estimate of drug-likeness (QED) is 0.262.